The standard InChI is InChI=1S/C12H16ClN5O2/c1-7(2)20-11-5-9(13)8(4-10(11)19-3)6-14-12-15-17-18-16-12/h4-5,7H,6H2,1-3H3,(H2,14,15,16,17,18). The monoisotopic (exact) mass is 297 g/mol. The molecule has 0 unspecified atom stereocenters. The highest BCUT2D eigenvalue weighted by Gasteiger charge is 2.12. The van der Waals surface area contributed by atoms with Crippen molar-refractivity contribution in [2.75, 3.05) is 12.4 Å². The number of aromatic nitrogens is 4. The number of hydrogen-bond donors (Lipinski definition) is 2. The van der Waals surface area contributed by atoms with E-state index in [9.17, 15) is 0 Å². The Morgan fingerprint density at radius 2 is 2.15 bits per heavy atom. The minimum Gasteiger partial charge on any atom is -0.493 e. The van der Waals surface area contributed by atoms with Gasteiger partial charge in [0.2, 0.25) is 0 Å². The molecule has 1 aromatic heterocycles. The summed E-state index contributed by atoms with van der Waals surface area (Å²) in [5.41, 5.74) is 0.851. The normalized spacial score (nSPS) is 10.7. The van der Waals surface area contributed by atoms with E-state index in [0.29, 0.717) is 29.0 Å². The van der Waals surface area contributed by atoms with Gasteiger partial charge in [0.15, 0.2) is 11.5 Å². The molecular formula is C12H16ClN5O2. The molecule has 0 aliphatic carbocycles. The van der Waals surface area contributed by atoms with E-state index in [2.05, 4.69) is 25.9 Å². The highest BCUT2D eigenvalue weighted by atomic mass is 35.5. The van der Waals surface area contributed by atoms with Crippen LogP contribution in [0.1, 0.15) is 19.4 Å². The van der Waals surface area contributed by atoms with Crippen molar-refractivity contribution in [2.24, 2.45) is 0 Å². The molecular weight excluding hydrogens is 282 g/mol. The predicted molar refractivity (Wildman–Crippen MR) is 75.3 cm³/mol. The molecule has 0 radical (unpaired) electrons. The molecule has 0 amide bonds. The van der Waals surface area contributed by atoms with Gasteiger partial charge in [-0.05, 0) is 30.7 Å². The summed E-state index contributed by atoms with van der Waals surface area (Å²) >= 11 is 6.24. The Balaban J connectivity index is 2.16. The molecule has 0 aliphatic rings. The number of methoxy groups -OCH3 is 1. The number of halogens is 1. The van der Waals surface area contributed by atoms with Crippen molar-refractivity contribution in [3.63, 3.8) is 0 Å². The van der Waals surface area contributed by atoms with Gasteiger partial charge in [0.1, 0.15) is 0 Å². The number of rotatable bonds is 6. The summed E-state index contributed by atoms with van der Waals surface area (Å²) in [5.74, 6) is 1.66. The zero-order chi connectivity index (χ0) is 14.5. The lowest BCUT2D eigenvalue weighted by Crippen LogP contribution is -2.08. The molecule has 0 aliphatic heterocycles. The summed E-state index contributed by atoms with van der Waals surface area (Å²) in [7, 11) is 1.59. The molecule has 0 bridgehead atoms. The van der Waals surface area contributed by atoms with Gasteiger partial charge in [0, 0.05) is 17.6 Å². The fourth-order valence-corrected chi connectivity index (χ4v) is 1.85. The van der Waals surface area contributed by atoms with Crippen molar-refractivity contribution in [1.29, 1.82) is 0 Å². The molecule has 1 aromatic carbocycles. The molecule has 8 heteroatoms. The highest BCUT2D eigenvalue weighted by Crippen LogP contribution is 2.34. The lowest BCUT2D eigenvalue weighted by atomic mass is 10.2. The summed E-state index contributed by atoms with van der Waals surface area (Å²) in [6, 6.07) is 3.57. The fraction of sp³-hybridized carbons (Fsp3) is 0.417. The molecule has 0 fully saturated rings. The van der Waals surface area contributed by atoms with Gasteiger partial charge in [-0.1, -0.05) is 16.7 Å². The van der Waals surface area contributed by atoms with Gasteiger partial charge < -0.3 is 14.8 Å². The Kier molecular flexibility index (Phi) is 4.62. The lowest BCUT2D eigenvalue weighted by molar-refractivity contribution is 0.230. The first-order valence-corrected chi connectivity index (χ1v) is 6.48. The maximum absolute atomic E-state index is 6.24. The van der Waals surface area contributed by atoms with Gasteiger partial charge in [-0.15, -0.1) is 5.10 Å². The zero-order valence-corrected chi connectivity index (χ0v) is 12.2. The van der Waals surface area contributed by atoms with E-state index in [4.69, 9.17) is 21.1 Å². The van der Waals surface area contributed by atoms with E-state index >= 15 is 0 Å². The minimum atomic E-state index is 0.0447. The number of hydrogen-bond acceptors (Lipinski definition) is 6. The number of benzene rings is 1. The Bertz CT molecular complexity index is 559. The van der Waals surface area contributed by atoms with Crippen molar-refractivity contribution >= 4 is 17.5 Å². The van der Waals surface area contributed by atoms with Crippen LogP contribution in [0.25, 0.3) is 0 Å². The molecule has 108 valence electrons. The van der Waals surface area contributed by atoms with Crippen LogP contribution in [-0.4, -0.2) is 33.8 Å². The van der Waals surface area contributed by atoms with Gasteiger partial charge in [-0.3, -0.25) is 0 Å². The maximum atomic E-state index is 6.24. The zero-order valence-electron chi connectivity index (χ0n) is 11.5. The number of tetrazole rings is 1. The molecule has 1 heterocycles. The van der Waals surface area contributed by atoms with Crippen LogP contribution in [0.4, 0.5) is 5.95 Å². The number of nitrogens with zero attached hydrogens (tertiary/aromatic N) is 3. The SMILES string of the molecule is COc1cc(CNc2nn[nH]n2)c(Cl)cc1OC(C)C. The first kappa shape index (κ1) is 14.4. The van der Waals surface area contributed by atoms with Crippen LogP contribution >= 0.6 is 11.6 Å². The first-order chi connectivity index (χ1) is 9.60. The average molecular weight is 298 g/mol. The molecule has 0 spiro atoms. The number of anilines is 1. The van der Waals surface area contributed by atoms with Crippen molar-refractivity contribution in [1.82, 2.24) is 20.6 Å². The van der Waals surface area contributed by atoms with Crippen molar-refractivity contribution < 1.29 is 9.47 Å². The molecule has 0 saturated heterocycles. The molecule has 7 nitrogen and oxygen atoms in total. The van der Waals surface area contributed by atoms with E-state index in [1.165, 1.54) is 0 Å². The van der Waals surface area contributed by atoms with Crippen LogP contribution in [0.2, 0.25) is 5.02 Å². The predicted octanol–water partition coefficient (Wildman–Crippen LogP) is 2.26. The van der Waals surface area contributed by atoms with E-state index < -0.39 is 0 Å². The van der Waals surface area contributed by atoms with Crippen LogP contribution < -0.4 is 14.8 Å². The third kappa shape index (κ3) is 3.51. The minimum absolute atomic E-state index is 0.0447. The third-order valence-corrected chi connectivity index (χ3v) is 2.83. The Morgan fingerprint density at radius 3 is 2.75 bits per heavy atom. The van der Waals surface area contributed by atoms with Crippen LogP contribution in [0.5, 0.6) is 11.5 Å². The largest absolute Gasteiger partial charge is 0.493 e. The van der Waals surface area contributed by atoms with E-state index in [1.54, 1.807) is 13.2 Å². The van der Waals surface area contributed by atoms with Gasteiger partial charge in [-0.25, -0.2) is 0 Å². The quantitative estimate of drug-likeness (QED) is 0.851. The van der Waals surface area contributed by atoms with Crippen LogP contribution in [0.3, 0.4) is 0 Å². The summed E-state index contributed by atoms with van der Waals surface area (Å²) in [6.45, 7) is 4.34. The highest BCUT2D eigenvalue weighted by molar-refractivity contribution is 6.31. The van der Waals surface area contributed by atoms with Crippen LogP contribution in [0.15, 0.2) is 12.1 Å². The van der Waals surface area contributed by atoms with Crippen molar-refractivity contribution in [3.05, 3.63) is 22.7 Å². The van der Waals surface area contributed by atoms with E-state index in [1.807, 2.05) is 19.9 Å². The molecule has 0 atom stereocenters. The molecule has 2 rings (SSSR count). The second-order valence-electron chi connectivity index (χ2n) is 4.35. The smallest absolute Gasteiger partial charge is 0.263 e. The van der Waals surface area contributed by atoms with Gasteiger partial charge in [0.25, 0.3) is 5.95 Å². The Hall–Kier alpha value is -2.02. The average Bonchev–Trinajstić information content (AvgIpc) is 2.90. The Morgan fingerprint density at radius 1 is 1.35 bits per heavy atom. The van der Waals surface area contributed by atoms with Gasteiger partial charge in [0.05, 0.1) is 13.2 Å². The van der Waals surface area contributed by atoms with Crippen LogP contribution in [-0.2, 0) is 6.54 Å². The molecule has 20 heavy (non-hydrogen) atoms. The van der Waals surface area contributed by atoms with Gasteiger partial charge in [-0.2, -0.15) is 5.21 Å². The molecule has 2 aromatic rings. The van der Waals surface area contributed by atoms with E-state index in [0.717, 1.165) is 5.56 Å². The van der Waals surface area contributed by atoms with E-state index in [-0.39, 0.29) is 6.10 Å². The van der Waals surface area contributed by atoms with Crippen molar-refractivity contribution in [3.8, 4) is 11.5 Å². The van der Waals surface area contributed by atoms with Gasteiger partial charge >= 0.3 is 0 Å². The second-order valence-corrected chi connectivity index (χ2v) is 4.76. The number of ether oxygens (including phenoxy) is 2. The topological polar surface area (TPSA) is 85.0 Å². The second kappa shape index (κ2) is 6.42. The fourth-order valence-electron chi connectivity index (χ4n) is 1.63. The number of H-pyrrole nitrogens is 1. The summed E-state index contributed by atoms with van der Waals surface area (Å²) in [4.78, 5) is 0. The summed E-state index contributed by atoms with van der Waals surface area (Å²) in [5, 5.41) is 17.0. The van der Waals surface area contributed by atoms with Crippen LogP contribution in [0, 0.1) is 0 Å². The lowest BCUT2D eigenvalue weighted by Gasteiger charge is -2.15. The number of aromatic amines is 1. The molecule has 2 N–H and O–H groups in total. The number of nitrogens with one attached hydrogen (secondary N) is 2. The maximum Gasteiger partial charge on any atom is 0.263 e. The first-order valence-electron chi connectivity index (χ1n) is 6.10. The summed E-state index contributed by atoms with van der Waals surface area (Å²) < 4.78 is 11.0. The Labute approximate surface area is 121 Å². The summed E-state index contributed by atoms with van der Waals surface area (Å²) in [6.07, 6.45) is 0.0447. The third-order valence-electron chi connectivity index (χ3n) is 2.48. The molecule has 0 saturated carbocycles. The van der Waals surface area contributed by atoms with Crippen molar-refractivity contribution in [2.45, 2.75) is 26.5 Å².